The highest BCUT2D eigenvalue weighted by molar-refractivity contribution is 7.09. The van der Waals surface area contributed by atoms with E-state index in [1.54, 1.807) is 18.4 Å². The maximum atomic E-state index is 12.1. The fourth-order valence-electron chi connectivity index (χ4n) is 2.33. The number of aryl methyl sites for hydroxylation is 2. The average Bonchev–Trinajstić information content (AvgIpc) is 3.00. The molecule has 0 spiro atoms. The zero-order valence-electron chi connectivity index (χ0n) is 14.0. The smallest absolute Gasteiger partial charge is 0.226 e. The first kappa shape index (κ1) is 17.5. The largest absolute Gasteiger partial charge is 0.497 e. The summed E-state index contributed by atoms with van der Waals surface area (Å²) in [5.41, 5.74) is 2.12. The SMILES string of the molecule is CCc1nc(CC(=O)N[C@@H](C)CCc2ccc(OC)cc2)cs1. The predicted molar refractivity (Wildman–Crippen MR) is 94.1 cm³/mol. The first-order chi connectivity index (χ1) is 11.1. The van der Waals surface area contributed by atoms with Gasteiger partial charge in [-0.1, -0.05) is 19.1 Å². The van der Waals surface area contributed by atoms with Crippen molar-refractivity contribution in [2.45, 2.75) is 45.6 Å². The first-order valence-corrected chi connectivity index (χ1v) is 8.84. The van der Waals surface area contributed by atoms with Crippen LogP contribution in [0.3, 0.4) is 0 Å². The van der Waals surface area contributed by atoms with Crippen molar-refractivity contribution in [3.05, 3.63) is 45.9 Å². The molecular formula is C18H24N2O2S. The molecule has 1 aromatic carbocycles. The van der Waals surface area contributed by atoms with Crippen molar-refractivity contribution in [2.75, 3.05) is 7.11 Å². The van der Waals surface area contributed by atoms with Crippen molar-refractivity contribution in [3.63, 3.8) is 0 Å². The number of carbonyl (C=O) groups excluding carboxylic acids is 1. The van der Waals surface area contributed by atoms with Crippen LogP contribution in [-0.2, 0) is 24.1 Å². The lowest BCUT2D eigenvalue weighted by molar-refractivity contribution is -0.121. The Balaban J connectivity index is 1.74. The number of thiazole rings is 1. The summed E-state index contributed by atoms with van der Waals surface area (Å²) in [7, 11) is 1.67. The molecule has 0 aliphatic rings. The molecule has 0 unspecified atom stereocenters. The van der Waals surface area contributed by atoms with Gasteiger partial charge in [0.1, 0.15) is 5.75 Å². The lowest BCUT2D eigenvalue weighted by atomic mass is 10.1. The molecule has 4 nitrogen and oxygen atoms in total. The maximum Gasteiger partial charge on any atom is 0.226 e. The van der Waals surface area contributed by atoms with Gasteiger partial charge in [0, 0.05) is 11.4 Å². The van der Waals surface area contributed by atoms with Gasteiger partial charge in [-0.2, -0.15) is 0 Å². The minimum atomic E-state index is 0.0418. The Morgan fingerprint density at radius 2 is 2.09 bits per heavy atom. The molecule has 0 aliphatic carbocycles. The monoisotopic (exact) mass is 332 g/mol. The van der Waals surface area contributed by atoms with Crippen LogP contribution < -0.4 is 10.1 Å². The van der Waals surface area contributed by atoms with E-state index in [4.69, 9.17) is 4.74 Å². The summed E-state index contributed by atoms with van der Waals surface area (Å²) in [6, 6.07) is 8.20. The average molecular weight is 332 g/mol. The van der Waals surface area contributed by atoms with Gasteiger partial charge in [-0.3, -0.25) is 4.79 Å². The van der Waals surface area contributed by atoms with Crippen molar-refractivity contribution in [2.24, 2.45) is 0 Å². The zero-order valence-corrected chi connectivity index (χ0v) is 14.8. The molecule has 0 saturated heterocycles. The quantitative estimate of drug-likeness (QED) is 0.806. The molecule has 1 N–H and O–H groups in total. The van der Waals surface area contributed by atoms with Crippen molar-refractivity contribution < 1.29 is 9.53 Å². The second kappa shape index (κ2) is 8.67. The summed E-state index contributed by atoms with van der Waals surface area (Å²) in [5.74, 6) is 0.907. The lowest BCUT2D eigenvalue weighted by Crippen LogP contribution is -2.34. The summed E-state index contributed by atoms with van der Waals surface area (Å²) in [5, 5.41) is 6.11. The van der Waals surface area contributed by atoms with E-state index in [1.807, 2.05) is 24.4 Å². The van der Waals surface area contributed by atoms with Gasteiger partial charge >= 0.3 is 0 Å². The van der Waals surface area contributed by atoms with Crippen molar-refractivity contribution in [1.29, 1.82) is 0 Å². The Kier molecular flexibility index (Phi) is 6.59. The molecular weight excluding hydrogens is 308 g/mol. The van der Waals surface area contributed by atoms with Crippen LogP contribution in [0.2, 0.25) is 0 Å². The fourth-order valence-corrected chi connectivity index (χ4v) is 3.08. The van der Waals surface area contributed by atoms with Crippen LogP contribution in [0, 0.1) is 0 Å². The van der Waals surface area contributed by atoms with E-state index in [9.17, 15) is 4.79 Å². The number of hydrogen-bond donors (Lipinski definition) is 1. The number of benzene rings is 1. The number of ether oxygens (including phenoxy) is 1. The van der Waals surface area contributed by atoms with Gasteiger partial charge in [0.15, 0.2) is 0 Å². The van der Waals surface area contributed by atoms with E-state index >= 15 is 0 Å². The molecule has 0 saturated carbocycles. The Morgan fingerprint density at radius 1 is 1.35 bits per heavy atom. The minimum absolute atomic E-state index is 0.0418. The number of methoxy groups -OCH3 is 1. The summed E-state index contributed by atoms with van der Waals surface area (Å²) < 4.78 is 5.15. The van der Waals surface area contributed by atoms with Crippen molar-refractivity contribution >= 4 is 17.2 Å². The van der Waals surface area contributed by atoms with Gasteiger partial charge in [0.25, 0.3) is 0 Å². The molecule has 0 aliphatic heterocycles. The van der Waals surface area contributed by atoms with Gasteiger partial charge in [-0.05, 0) is 43.9 Å². The van der Waals surface area contributed by atoms with Gasteiger partial charge < -0.3 is 10.1 Å². The van der Waals surface area contributed by atoms with E-state index in [2.05, 4.69) is 29.4 Å². The predicted octanol–water partition coefficient (Wildman–Crippen LogP) is 3.39. The van der Waals surface area contributed by atoms with Crippen molar-refractivity contribution in [1.82, 2.24) is 10.3 Å². The molecule has 23 heavy (non-hydrogen) atoms. The van der Waals surface area contributed by atoms with Gasteiger partial charge in [-0.25, -0.2) is 4.98 Å². The summed E-state index contributed by atoms with van der Waals surface area (Å²) >= 11 is 1.62. The topological polar surface area (TPSA) is 51.2 Å². The van der Waals surface area contributed by atoms with Gasteiger partial charge in [0.05, 0.1) is 24.2 Å². The van der Waals surface area contributed by atoms with Crippen LogP contribution >= 0.6 is 11.3 Å². The first-order valence-electron chi connectivity index (χ1n) is 7.96. The lowest BCUT2D eigenvalue weighted by Gasteiger charge is -2.13. The number of aromatic nitrogens is 1. The minimum Gasteiger partial charge on any atom is -0.497 e. The van der Waals surface area contributed by atoms with Crippen LogP contribution in [0.4, 0.5) is 0 Å². The number of hydrogen-bond acceptors (Lipinski definition) is 4. The standard InChI is InChI=1S/C18H24N2O2S/c1-4-18-20-15(12-23-18)11-17(21)19-13(2)5-6-14-7-9-16(22-3)10-8-14/h7-10,12-13H,4-6,11H2,1-3H3,(H,19,21)/t13-/m0/s1. The number of nitrogens with zero attached hydrogens (tertiary/aromatic N) is 1. The molecule has 1 aromatic heterocycles. The Labute approximate surface area is 141 Å². The molecule has 5 heteroatoms. The highest BCUT2D eigenvalue weighted by Crippen LogP contribution is 2.13. The third-order valence-electron chi connectivity index (χ3n) is 3.68. The van der Waals surface area contributed by atoms with E-state index < -0.39 is 0 Å². The molecule has 124 valence electrons. The second-order valence-corrected chi connectivity index (χ2v) is 6.56. The molecule has 1 heterocycles. The van der Waals surface area contributed by atoms with Crippen LogP contribution in [0.15, 0.2) is 29.6 Å². The van der Waals surface area contributed by atoms with E-state index in [1.165, 1.54) is 5.56 Å². The van der Waals surface area contributed by atoms with Crippen LogP contribution in [0.25, 0.3) is 0 Å². The molecule has 2 rings (SSSR count). The normalized spacial score (nSPS) is 12.0. The van der Waals surface area contributed by atoms with E-state index in [-0.39, 0.29) is 11.9 Å². The summed E-state index contributed by atoms with van der Waals surface area (Å²) in [6.45, 7) is 4.11. The Morgan fingerprint density at radius 3 is 2.70 bits per heavy atom. The van der Waals surface area contributed by atoms with Crippen molar-refractivity contribution in [3.8, 4) is 5.75 Å². The van der Waals surface area contributed by atoms with Crippen LogP contribution in [0.1, 0.15) is 36.5 Å². The summed E-state index contributed by atoms with van der Waals surface area (Å²) in [4.78, 5) is 16.5. The molecule has 0 fully saturated rings. The molecule has 0 radical (unpaired) electrons. The zero-order chi connectivity index (χ0) is 16.7. The second-order valence-electron chi connectivity index (χ2n) is 5.62. The highest BCUT2D eigenvalue weighted by Gasteiger charge is 2.10. The molecule has 1 atom stereocenters. The highest BCUT2D eigenvalue weighted by atomic mass is 32.1. The fraction of sp³-hybridized carbons (Fsp3) is 0.444. The molecule has 1 amide bonds. The maximum absolute atomic E-state index is 12.1. The number of amides is 1. The third kappa shape index (κ3) is 5.67. The number of rotatable bonds is 8. The Hall–Kier alpha value is -1.88. The number of nitrogens with one attached hydrogen (secondary N) is 1. The van der Waals surface area contributed by atoms with Gasteiger partial charge in [-0.15, -0.1) is 11.3 Å². The van der Waals surface area contributed by atoms with Crippen LogP contribution in [-0.4, -0.2) is 24.0 Å². The Bertz CT molecular complexity index is 622. The van der Waals surface area contributed by atoms with Gasteiger partial charge in [0.2, 0.25) is 5.91 Å². The number of carbonyl (C=O) groups is 1. The van der Waals surface area contributed by atoms with E-state index in [0.717, 1.165) is 35.7 Å². The summed E-state index contributed by atoms with van der Waals surface area (Å²) in [6.07, 6.45) is 3.13. The molecule has 2 aromatic rings. The van der Waals surface area contributed by atoms with Crippen LogP contribution in [0.5, 0.6) is 5.75 Å². The van der Waals surface area contributed by atoms with E-state index in [0.29, 0.717) is 6.42 Å². The molecule has 0 bridgehead atoms. The third-order valence-corrected chi connectivity index (χ3v) is 4.72.